The molecule has 0 aromatic heterocycles. The van der Waals surface area contributed by atoms with Crippen molar-refractivity contribution in [2.24, 2.45) is 11.8 Å². The summed E-state index contributed by atoms with van der Waals surface area (Å²) >= 11 is 0. The van der Waals surface area contributed by atoms with Crippen LogP contribution < -0.4 is 0 Å². The molecule has 1 N–H and O–H groups in total. The van der Waals surface area contributed by atoms with E-state index in [0.717, 1.165) is 32.1 Å². The molecular formula is C24H40O3. The molecule has 1 aliphatic rings. The van der Waals surface area contributed by atoms with Crippen molar-refractivity contribution in [2.45, 2.75) is 90.1 Å². The Kier molecular flexibility index (Phi) is 13.8. The number of aliphatic hydroxyl groups excluding tert-OH is 1. The Hall–Kier alpha value is -1.35. The zero-order chi connectivity index (χ0) is 19.7. The van der Waals surface area contributed by atoms with Gasteiger partial charge in [0, 0.05) is 6.42 Å². The highest BCUT2D eigenvalue weighted by Crippen LogP contribution is 2.41. The second-order valence-electron chi connectivity index (χ2n) is 7.64. The number of unbranched alkanes of at least 4 members (excludes halogenated alkanes) is 4. The molecule has 2 atom stereocenters. The Morgan fingerprint density at radius 3 is 2.44 bits per heavy atom. The summed E-state index contributed by atoms with van der Waals surface area (Å²) in [5.41, 5.74) is 0. The maximum absolute atomic E-state index is 11.0. The van der Waals surface area contributed by atoms with Crippen LogP contribution in [-0.2, 0) is 9.53 Å². The number of aliphatic hydroxyl groups is 1. The SMILES string of the molecule is CCCCCC=CCC[C@@H](C1CC1)[C@@H](O)C=CCC=CCCCC(=O)OC. The molecule has 0 bridgehead atoms. The normalized spacial score (nSPS) is 17.1. The van der Waals surface area contributed by atoms with Gasteiger partial charge in [0.25, 0.3) is 0 Å². The first-order valence-corrected chi connectivity index (χ1v) is 10.9. The average molecular weight is 377 g/mol. The van der Waals surface area contributed by atoms with Gasteiger partial charge in [0.05, 0.1) is 13.2 Å². The highest BCUT2D eigenvalue weighted by molar-refractivity contribution is 5.69. The molecule has 1 fully saturated rings. The van der Waals surface area contributed by atoms with Crippen molar-refractivity contribution in [1.82, 2.24) is 0 Å². The Labute approximate surface area is 166 Å². The van der Waals surface area contributed by atoms with Crippen molar-refractivity contribution in [3.05, 3.63) is 36.5 Å². The molecule has 1 aliphatic carbocycles. The third-order valence-corrected chi connectivity index (χ3v) is 5.23. The van der Waals surface area contributed by atoms with Crippen molar-refractivity contribution in [3.63, 3.8) is 0 Å². The Bertz CT molecular complexity index is 460. The van der Waals surface area contributed by atoms with Crippen LogP contribution in [0, 0.1) is 11.8 Å². The van der Waals surface area contributed by atoms with Gasteiger partial charge in [0.1, 0.15) is 0 Å². The number of esters is 1. The van der Waals surface area contributed by atoms with Gasteiger partial charge in [-0.25, -0.2) is 0 Å². The lowest BCUT2D eigenvalue weighted by molar-refractivity contribution is -0.140. The van der Waals surface area contributed by atoms with Gasteiger partial charge < -0.3 is 9.84 Å². The minimum absolute atomic E-state index is 0.145. The molecule has 0 spiro atoms. The minimum Gasteiger partial charge on any atom is -0.469 e. The van der Waals surface area contributed by atoms with Gasteiger partial charge in [-0.2, -0.15) is 0 Å². The number of hydrogen-bond donors (Lipinski definition) is 1. The average Bonchev–Trinajstić information content (AvgIpc) is 3.50. The summed E-state index contributed by atoms with van der Waals surface area (Å²) in [5, 5.41) is 10.5. The van der Waals surface area contributed by atoms with E-state index in [9.17, 15) is 9.90 Å². The fourth-order valence-electron chi connectivity index (χ4n) is 3.37. The van der Waals surface area contributed by atoms with Crippen LogP contribution in [0.1, 0.15) is 84.0 Å². The number of hydrogen-bond acceptors (Lipinski definition) is 3. The standard InChI is InChI=1S/C24H40O3/c1-3-4-5-6-7-10-13-16-22(21-19-20-21)23(25)17-14-11-8-9-12-15-18-24(26)27-2/h7-10,14,17,21-23,25H,3-6,11-13,15-16,18-20H2,1-2H3/t22-,23-/m0/s1. The molecule has 1 saturated carbocycles. The first-order chi connectivity index (χ1) is 13.2. The van der Waals surface area contributed by atoms with Gasteiger partial charge in [0.2, 0.25) is 0 Å². The minimum atomic E-state index is -0.321. The summed E-state index contributed by atoms with van der Waals surface area (Å²) < 4.78 is 4.62. The van der Waals surface area contributed by atoms with Crippen LogP contribution in [0.25, 0.3) is 0 Å². The zero-order valence-electron chi connectivity index (χ0n) is 17.4. The Morgan fingerprint density at radius 2 is 1.74 bits per heavy atom. The van der Waals surface area contributed by atoms with E-state index in [-0.39, 0.29) is 12.1 Å². The molecule has 0 heterocycles. The number of rotatable bonds is 16. The summed E-state index contributed by atoms with van der Waals surface area (Å²) in [6, 6.07) is 0. The number of carbonyl (C=O) groups is 1. The number of allylic oxidation sites excluding steroid dienone is 5. The molecule has 0 amide bonds. The zero-order valence-corrected chi connectivity index (χ0v) is 17.4. The molecule has 0 aliphatic heterocycles. The Morgan fingerprint density at radius 1 is 1.04 bits per heavy atom. The van der Waals surface area contributed by atoms with Gasteiger partial charge >= 0.3 is 5.97 Å². The molecule has 154 valence electrons. The van der Waals surface area contributed by atoms with Crippen LogP contribution in [0.5, 0.6) is 0 Å². The summed E-state index contributed by atoms with van der Waals surface area (Å²) in [6.45, 7) is 2.24. The molecular weight excluding hydrogens is 336 g/mol. The van der Waals surface area contributed by atoms with E-state index >= 15 is 0 Å². The van der Waals surface area contributed by atoms with E-state index in [0.29, 0.717) is 18.3 Å². The van der Waals surface area contributed by atoms with E-state index in [2.05, 4.69) is 42.0 Å². The van der Waals surface area contributed by atoms with Crippen LogP contribution in [0.3, 0.4) is 0 Å². The first kappa shape index (κ1) is 23.7. The fraction of sp³-hybridized carbons (Fsp3) is 0.708. The molecule has 27 heavy (non-hydrogen) atoms. The molecule has 1 rings (SSSR count). The monoisotopic (exact) mass is 376 g/mol. The van der Waals surface area contributed by atoms with Crippen molar-refractivity contribution in [2.75, 3.05) is 7.11 Å². The predicted octanol–water partition coefficient (Wildman–Crippen LogP) is 6.14. The summed E-state index contributed by atoms with van der Waals surface area (Å²) in [5.74, 6) is 0.978. The van der Waals surface area contributed by atoms with Crippen LogP contribution in [0.4, 0.5) is 0 Å². The Balaban J connectivity index is 2.19. The van der Waals surface area contributed by atoms with Crippen LogP contribution >= 0.6 is 0 Å². The topological polar surface area (TPSA) is 46.5 Å². The van der Waals surface area contributed by atoms with Gasteiger partial charge in [0.15, 0.2) is 0 Å². The van der Waals surface area contributed by atoms with E-state index in [4.69, 9.17) is 0 Å². The van der Waals surface area contributed by atoms with E-state index in [1.807, 2.05) is 6.08 Å². The van der Waals surface area contributed by atoms with E-state index in [1.165, 1.54) is 45.6 Å². The second-order valence-corrected chi connectivity index (χ2v) is 7.64. The van der Waals surface area contributed by atoms with Gasteiger partial charge in [-0.05, 0) is 69.6 Å². The second kappa shape index (κ2) is 15.7. The smallest absolute Gasteiger partial charge is 0.305 e. The number of methoxy groups -OCH3 is 1. The van der Waals surface area contributed by atoms with E-state index < -0.39 is 0 Å². The maximum atomic E-state index is 11.0. The summed E-state index contributed by atoms with van der Waals surface area (Å²) in [6.07, 6.45) is 25.4. The highest BCUT2D eigenvalue weighted by Gasteiger charge is 2.34. The highest BCUT2D eigenvalue weighted by atomic mass is 16.5. The summed E-state index contributed by atoms with van der Waals surface area (Å²) in [4.78, 5) is 11.0. The van der Waals surface area contributed by atoms with Crippen LogP contribution in [0.2, 0.25) is 0 Å². The summed E-state index contributed by atoms with van der Waals surface area (Å²) in [7, 11) is 1.42. The predicted molar refractivity (Wildman–Crippen MR) is 114 cm³/mol. The molecule has 0 unspecified atom stereocenters. The quantitative estimate of drug-likeness (QED) is 0.200. The van der Waals surface area contributed by atoms with Crippen molar-refractivity contribution >= 4 is 5.97 Å². The fourth-order valence-corrected chi connectivity index (χ4v) is 3.37. The third kappa shape index (κ3) is 12.6. The molecule has 0 radical (unpaired) electrons. The van der Waals surface area contributed by atoms with Crippen LogP contribution in [-0.4, -0.2) is 24.3 Å². The van der Waals surface area contributed by atoms with Gasteiger partial charge in [-0.1, -0.05) is 56.2 Å². The third-order valence-electron chi connectivity index (χ3n) is 5.23. The van der Waals surface area contributed by atoms with Crippen molar-refractivity contribution < 1.29 is 14.6 Å². The van der Waals surface area contributed by atoms with Crippen molar-refractivity contribution in [1.29, 1.82) is 0 Å². The van der Waals surface area contributed by atoms with E-state index in [1.54, 1.807) is 0 Å². The molecule has 0 aromatic rings. The molecule has 0 aromatic carbocycles. The maximum Gasteiger partial charge on any atom is 0.305 e. The van der Waals surface area contributed by atoms with Gasteiger partial charge in [-0.3, -0.25) is 4.79 Å². The lowest BCUT2D eigenvalue weighted by atomic mass is 9.91. The lowest BCUT2D eigenvalue weighted by Crippen LogP contribution is -2.20. The number of carbonyl (C=O) groups excluding carboxylic acids is 1. The molecule has 3 nitrogen and oxygen atoms in total. The van der Waals surface area contributed by atoms with Crippen molar-refractivity contribution in [3.8, 4) is 0 Å². The lowest BCUT2D eigenvalue weighted by Gasteiger charge is -2.19. The largest absolute Gasteiger partial charge is 0.469 e. The molecule has 3 heteroatoms. The van der Waals surface area contributed by atoms with Gasteiger partial charge in [-0.15, -0.1) is 0 Å². The first-order valence-electron chi connectivity index (χ1n) is 10.9. The molecule has 0 saturated heterocycles. The number of ether oxygens (including phenoxy) is 1. The van der Waals surface area contributed by atoms with Crippen LogP contribution in [0.15, 0.2) is 36.5 Å².